The van der Waals surface area contributed by atoms with Crippen LogP contribution in [-0.2, 0) is 4.79 Å². The molecule has 0 saturated heterocycles. The quantitative estimate of drug-likeness (QED) is 0.515. The fourth-order valence-electron chi connectivity index (χ4n) is 1.43. The third kappa shape index (κ3) is 3.49. The summed E-state index contributed by atoms with van der Waals surface area (Å²) < 4.78 is 0. The van der Waals surface area contributed by atoms with Crippen LogP contribution in [0, 0.1) is 10.1 Å². The van der Waals surface area contributed by atoms with Crippen molar-refractivity contribution in [2.45, 2.75) is 19.1 Å². The number of aliphatic carboxylic acids is 1. The number of carbonyl (C=O) groups is 2. The molecule has 8 heteroatoms. The fraction of sp³-hybridized carbons (Fsp3) is 0.273. The Kier molecular flexibility index (Phi) is 4.54. The number of para-hydroxylation sites is 1. The molecule has 0 aliphatic heterocycles. The van der Waals surface area contributed by atoms with Gasteiger partial charge in [0.15, 0.2) is 6.04 Å². The van der Waals surface area contributed by atoms with Gasteiger partial charge in [-0.05, 0) is 13.0 Å². The number of carboxylic acid groups (broad SMARTS) is 1. The van der Waals surface area contributed by atoms with E-state index in [0.29, 0.717) is 0 Å². The van der Waals surface area contributed by atoms with Crippen molar-refractivity contribution in [3.63, 3.8) is 0 Å². The summed E-state index contributed by atoms with van der Waals surface area (Å²) in [6.45, 7) is 1.19. The SMILES string of the molecule is CC(O)C(NC(=O)c1ccccc1[N+](=O)[O-])C(=O)O. The molecule has 0 radical (unpaired) electrons. The van der Waals surface area contributed by atoms with E-state index in [1.807, 2.05) is 5.32 Å². The van der Waals surface area contributed by atoms with Crippen LogP contribution in [0.1, 0.15) is 17.3 Å². The Hall–Kier alpha value is -2.48. The number of aliphatic hydroxyl groups excluding tert-OH is 1. The zero-order valence-electron chi connectivity index (χ0n) is 9.94. The van der Waals surface area contributed by atoms with Crippen LogP contribution in [0.4, 0.5) is 5.69 Å². The predicted molar refractivity (Wildman–Crippen MR) is 63.7 cm³/mol. The van der Waals surface area contributed by atoms with Crippen LogP contribution >= 0.6 is 0 Å². The van der Waals surface area contributed by atoms with Gasteiger partial charge in [-0.3, -0.25) is 14.9 Å². The number of carboxylic acids is 1. The monoisotopic (exact) mass is 268 g/mol. The summed E-state index contributed by atoms with van der Waals surface area (Å²) in [6.07, 6.45) is -1.33. The molecule has 0 aromatic heterocycles. The molecule has 2 atom stereocenters. The number of nitro groups is 1. The van der Waals surface area contributed by atoms with Gasteiger partial charge in [-0.15, -0.1) is 0 Å². The topological polar surface area (TPSA) is 130 Å². The van der Waals surface area contributed by atoms with Crippen LogP contribution in [0.3, 0.4) is 0 Å². The first-order chi connectivity index (χ1) is 8.84. The van der Waals surface area contributed by atoms with E-state index in [4.69, 9.17) is 5.11 Å². The van der Waals surface area contributed by atoms with Gasteiger partial charge in [-0.25, -0.2) is 4.79 Å². The van der Waals surface area contributed by atoms with E-state index in [-0.39, 0.29) is 5.56 Å². The number of nitro benzene ring substituents is 1. The highest BCUT2D eigenvalue weighted by atomic mass is 16.6. The van der Waals surface area contributed by atoms with Gasteiger partial charge in [0, 0.05) is 6.07 Å². The minimum atomic E-state index is -1.53. The molecule has 102 valence electrons. The number of hydrogen-bond donors (Lipinski definition) is 3. The van der Waals surface area contributed by atoms with Gasteiger partial charge in [0.1, 0.15) is 5.56 Å². The minimum Gasteiger partial charge on any atom is -0.480 e. The van der Waals surface area contributed by atoms with Crippen molar-refractivity contribution in [1.29, 1.82) is 0 Å². The van der Waals surface area contributed by atoms with Crippen LogP contribution in [0.2, 0.25) is 0 Å². The van der Waals surface area contributed by atoms with E-state index < -0.39 is 34.6 Å². The summed E-state index contributed by atoms with van der Waals surface area (Å²) >= 11 is 0. The largest absolute Gasteiger partial charge is 0.480 e. The van der Waals surface area contributed by atoms with Crippen LogP contribution in [0.15, 0.2) is 24.3 Å². The maximum Gasteiger partial charge on any atom is 0.328 e. The molecule has 0 aliphatic carbocycles. The third-order valence-corrected chi connectivity index (χ3v) is 2.38. The summed E-state index contributed by atoms with van der Waals surface area (Å²) in [5.74, 6) is -2.36. The molecule has 19 heavy (non-hydrogen) atoms. The molecule has 2 unspecified atom stereocenters. The molecule has 1 amide bonds. The first kappa shape index (κ1) is 14.6. The fourth-order valence-corrected chi connectivity index (χ4v) is 1.43. The second kappa shape index (κ2) is 5.91. The van der Waals surface area contributed by atoms with Gasteiger partial charge in [0.2, 0.25) is 0 Å². The minimum absolute atomic E-state index is 0.264. The van der Waals surface area contributed by atoms with Crippen LogP contribution < -0.4 is 5.32 Å². The Morgan fingerprint density at radius 3 is 2.42 bits per heavy atom. The first-order valence-electron chi connectivity index (χ1n) is 5.29. The van der Waals surface area contributed by atoms with E-state index in [1.54, 1.807) is 0 Å². The Balaban J connectivity index is 3.01. The number of amides is 1. The van der Waals surface area contributed by atoms with Crippen molar-refractivity contribution >= 4 is 17.6 Å². The maximum atomic E-state index is 11.8. The lowest BCUT2D eigenvalue weighted by Crippen LogP contribution is -2.47. The number of rotatable bonds is 5. The first-order valence-corrected chi connectivity index (χ1v) is 5.29. The molecule has 0 fully saturated rings. The average molecular weight is 268 g/mol. The molecule has 8 nitrogen and oxygen atoms in total. The van der Waals surface area contributed by atoms with Crippen LogP contribution in [0.5, 0.6) is 0 Å². The molecule has 0 bridgehead atoms. The third-order valence-electron chi connectivity index (χ3n) is 2.38. The summed E-state index contributed by atoms with van der Waals surface area (Å²) in [6, 6.07) is 3.60. The molecule has 0 heterocycles. The van der Waals surface area contributed by atoms with E-state index >= 15 is 0 Å². The highest BCUT2D eigenvalue weighted by Gasteiger charge is 2.28. The second-order valence-electron chi connectivity index (χ2n) is 3.80. The van der Waals surface area contributed by atoms with Gasteiger partial charge in [0.25, 0.3) is 11.6 Å². The second-order valence-corrected chi connectivity index (χ2v) is 3.80. The number of aliphatic hydroxyl groups is 1. The molecule has 1 aromatic rings. The number of nitrogens with zero attached hydrogens (tertiary/aromatic N) is 1. The molecule has 0 spiro atoms. The molecule has 1 rings (SSSR count). The van der Waals surface area contributed by atoms with Crippen LogP contribution in [-0.4, -0.2) is 39.2 Å². The Bertz CT molecular complexity index is 514. The Morgan fingerprint density at radius 1 is 1.37 bits per heavy atom. The normalized spacial score (nSPS) is 13.4. The zero-order chi connectivity index (χ0) is 14.6. The highest BCUT2D eigenvalue weighted by molar-refractivity contribution is 6.00. The average Bonchev–Trinajstić information content (AvgIpc) is 2.34. The van der Waals surface area contributed by atoms with Gasteiger partial charge in [0.05, 0.1) is 11.0 Å². The van der Waals surface area contributed by atoms with Gasteiger partial charge in [-0.2, -0.15) is 0 Å². The van der Waals surface area contributed by atoms with Crippen molar-refractivity contribution in [2.24, 2.45) is 0 Å². The molecular formula is C11H12N2O6. The standard InChI is InChI=1S/C11H12N2O6/c1-6(14)9(11(16)17)12-10(15)7-4-2-3-5-8(7)13(18)19/h2-6,9,14H,1H3,(H,12,15)(H,16,17). The lowest BCUT2D eigenvalue weighted by molar-refractivity contribution is -0.385. The summed E-state index contributed by atoms with van der Waals surface area (Å²) in [5, 5.41) is 30.8. The van der Waals surface area contributed by atoms with Crippen molar-refractivity contribution in [1.82, 2.24) is 5.32 Å². The molecule has 1 aromatic carbocycles. The van der Waals surface area contributed by atoms with Crippen molar-refractivity contribution in [2.75, 3.05) is 0 Å². The number of benzene rings is 1. The Morgan fingerprint density at radius 2 is 1.95 bits per heavy atom. The van der Waals surface area contributed by atoms with Crippen molar-refractivity contribution in [3.05, 3.63) is 39.9 Å². The zero-order valence-corrected chi connectivity index (χ0v) is 9.94. The van der Waals surface area contributed by atoms with Gasteiger partial charge >= 0.3 is 5.97 Å². The van der Waals surface area contributed by atoms with Gasteiger partial charge < -0.3 is 15.5 Å². The number of nitrogens with one attached hydrogen (secondary N) is 1. The van der Waals surface area contributed by atoms with Gasteiger partial charge in [-0.1, -0.05) is 12.1 Å². The van der Waals surface area contributed by atoms with E-state index in [1.165, 1.54) is 25.1 Å². The number of hydrogen-bond acceptors (Lipinski definition) is 5. The van der Waals surface area contributed by atoms with Crippen molar-refractivity contribution < 1.29 is 24.7 Å². The maximum absolute atomic E-state index is 11.8. The highest BCUT2D eigenvalue weighted by Crippen LogP contribution is 2.17. The van der Waals surface area contributed by atoms with E-state index in [2.05, 4.69) is 0 Å². The van der Waals surface area contributed by atoms with Crippen molar-refractivity contribution in [3.8, 4) is 0 Å². The smallest absolute Gasteiger partial charge is 0.328 e. The Labute approximate surface area is 107 Å². The lowest BCUT2D eigenvalue weighted by Gasteiger charge is -2.16. The summed E-state index contributed by atoms with van der Waals surface area (Å²) in [5.41, 5.74) is -0.700. The van der Waals surface area contributed by atoms with E-state index in [9.17, 15) is 24.8 Å². The van der Waals surface area contributed by atoms with Crippen LogP contribution in [0.25, 0.3) is 0 Å². The molecular weight excluding hydrogens is 256 g/mol. The number of carbonyl (C=O) groups excluding carboxylic acids is 1. The lowest BCUT2D eigenvalue weighted by atomic mass is 10.1. The molecule has 0 aliphatic rings. The molecule has 3 N–H and O–H groups in total. The summed E-state index contributed by atoms with van der Waals surface area (Å²) in [4.78, 5) is 32.6. The van der Waals surface area contributed by atoms with E-state index in [0.717, 1.165) is 6.07 Å². The molecule has 0 saturated carbocycles. The predicted octanol–water partition coefficient (Wildman–Crippen LogP) is 0.159. The summed E-state index contributed by atoms with van der Waals surface area (Å²) in [7, 11) is 0.